The summed E-state index contributed by atoms with van der Waals surface area (Å²) >= 11 is 7.22. The largest absolute Gasteiger partial charge is 0.288 e. The third-order valence-electron chi connectivity index (χ3n) is 4.10. The third-order valence-corrected chi connectivity index (χ3v) is 7.87. The molecule has 138 valence electrons. The molecule has 0 N–H and O–H groups in total. The zero-order valence-electron chi connectivity index (χ0n) is 14.3. The zero-order chi connectivity index (χ0) is 19.7. The maximum Gasteiger partial charge on any atom is 0.201 e. The van der Waals surface area contributed by atoms with Crippen molar-refractivity contribution in [1.82, 2.24) is 0 Å². The Balaban J connectivity index is 1.80. The maximum atomic E-state index is 13.2. The van der Waals surface area contributed by atoms with Crippen LogP contribution in [-0.2, 0) is 0 Å². The number of benzene rings is 3. The average molecular weight is 626 g/mol. The molecule has 0 aromatic heterocycles. The van der Waals surface area contributed by atoms with E-state index < -0.39 is 0 Å². The molecule has 0 saturated heterocycles. The van der Waals surface area contributed by atoms with Gasteiger partial charge >= 0.3 is 0 Å². The average Bonchev–Trinajstić information content (AvgIpc) is 2.71. The molecular weight excluding hydrogens is 614 g/mol. The first-order chi connectivity index (χ1) is 13.5. The van der Waals surface area contributed by atoms with Crippen LogP contribution < -0.4 is 0 Å². The molecule has 3 aromatic carbocycles. The molecule has 0 unspecified atom stereocenters. The standard InChI is InChI=1S/C22H12I2O2S2/c23-13-5-9-15(10-6-13)27-21-19(25)17-3-1-2-4-18(17)20(26)22(21)28-16-11-7-14(24)8-12-16/h1-12H. The summed E-state index contributed by atoms with van der Waals surface area (Å²) in [6.07, 6.45) is 0. The molecule has 0 saturated carbocycles. The first-order valence-electron chi connectivity index (χ1n) is 8.32. The minimum absolute atomic E-state index is 0.0910. The van der Waals surface area contributed by atoms with E-state index in [1.165, 1.54) is 23.5 Å². The second kappa shape index (κ2) is 8.73. The van der Waals surface area contributed by atoms with E-state index in [1.54, 1.807) is 24.3 Å². The summed E-state index contributed by atoms with van der Waals surface area (Å²) in [4.78, 5) is 29.4. The number of hydrogen-bond donors (Lipinski definition) is 0. The van der Waals surface area contributed by atoms with Crippen molar-refractivity contribution in [2.45, 2.75) is 9.79 Å². The minimum atomic E-state index is -0.0910. The van der Waals surface area contributed by atoms with Crippen LogP contribution in [0.4, 0.5) is 0 Å². The fourth-order valence-corrected chi connectivity index (χ4v) is 5.52. The van der Waals surface area contributed by atoms with Gasteiger partial charge in [-0.25, -0.2) is 0 Å². The number of ketones is 2. The molecule has 0 bridgehead atoms. The second-order valence-corrected chi connectivity index (χ2v) is 10.6. The van der Waals surface area contributed by atoms with E-state index in [9.17, 15) is 9.59 Å². The molecule has 0 amide bonds. The van der Waals surface area contributed by atoms with Crippen LogP contribution in [0.5, 0.6) is 0 Å². The molecule has 6 heteroatoms. The highest BCUT2D eigenvalue weighted by Gasteiger charge is 2.33. The fraction of sp³-hybridized carbons (Fsp3) is 0. The Bertz CT molecular complexity index is 1020. The van der Waals surface area contributed by atoms with Gasteiger partial charge in [0.15, 0.2) is 0 Å². The first-order valence-corrected chi connectivity index (χ1v) is 12.1. The molecule has 2 nitrogen and oxygen atoms in total. The smallest absolute Gasteiger partial charge is 0.201 e. The van der Waals surface area contributed by atoms with Gasteiger partial charge in [0, 0.05) is 28.1 Å². The highest BCUT2D eigenvalue weighted by atomic mass is 127. The lowest BCUT2D eigenvalue weighted by atomic mass is 9.94. The molecule has 0 fully saturated rings. The predicted molar refractivity (Wildman–Crippen MR) is 132 cm³/mol. The van der Waals surface area contributed by atoms with Crippen LogP contribution in [0.15, 0.2) is 92.4 Å². The first kappa shape index (κ1) is 20.2. The highest BCUT2D eigenvalue weighted by molar-refractivity contribution is 14.1. The molecular formula is C22H12I2O2S2. The third kappa shape index (κ3) is 4.24. The van der Waals surface area contributed by atoms with Crippen LogP contribution in [-0.4, -0.2) is 11.6 Å². The zero-order valence-corrected chi connectivity index (χ0v) is 20.3. The van der Waals surface area contributed by atoms with E-state index in [1.807, 2.05) is 48.5 Å². The second-order valence-electron chi connectivity index (χ2n) is 5.97. The number of hydrogen-bond acceptors (Lipinski definition) is 4. The fourth-order valence-electron chi connectivity index (χ4n) is 2.76. The van der Waals surface area contributed by atoms with Crippen molar-refractivity contribution in [1.29, 1.82) is 0 Å². The number of halogens is 2. The van der Waals surface area contributed by atoms with Gasteiger partial charge in [0.2, 0.25) is 11.6 Å². The summed E-state index contributed by atoms with van der Waals surface area (Å²) < 4.78 is 2.25. The van der Waals surface area contributed by atoms with Gasteiger partial charge in [0.25, 0.3) is 0 Å². The molecule has 3 aromatic rings. The number of carbonyl (C=O) groups is 2. The minimum Gasteiger partial charge on any atom is -0.288 e. The number of rotatable bonds is 4. The Morgan fingerprint density at radius 2 is 0.893 bits per heavy atom. The molecule has 1 aliphatic carbocycles. The van der Waals surface area contributed by atoms with E-state index in [2.05, 4.69) is 45.2 Å². The number of carbonyl (C=O) groups excluding carboxylic acids is 2. The monoisotopic (exact) mass is 626 g/mol. The van der Waals surface area contributed by atoms with E-state index in [0.29, 0.717) is 20.9 Å². The normalized spacial score (nSPS) is 13.6. The van der Waals surface area contributed by atoms with Crippen molar-refractivity contribution >= 4 is 80.3 Å². The predicted octanol–water partition coefficient (Wildman–Crippen LogP) is 7.07. The number of fused-ring (bicyclic) bond motifs is 1. The van der Waals surface area contributed by atoms with Crippen molar-refractivity contribution in [3.05, 3.63) is 101 Å². The quantitative estimate of drug-likeness (QED) is 0.291. The van der Waals surface area contributed by atoms with Crippen molar-refractivity contribution in [3.8, 4) is 0 Å². The van der Waals surface area contributed by atoms with Crippen molar-refractivity contribution in [2.75, 3.05) is 0 Å². The lowest BCUT2D eigenvalue weighted by Gasteiger charge is -2.20. The molecule has 0 heterocycles. The van der Waals surface area contributed by atoms with Gasteiger partial charge in [-0.1, -0.05) is 47.8 Å². The summed E-state index contributed by atoms with van der Waals surface area (Å²) in [6, 6.07) is 23.0. The van der Waals surface area contributed by atoms with Gasteiger partial charge in [0.05, 0.1) is 9.81 Å². The molecule has 1 aliphatic rings. The van der Waals surface area contributed by atoms with E-state index >= 15 is 0 Å². The molecule has 0 aliphatic heterocycles. The molecule has 0 radical (unpaired) electrons. The van der Waals surface area contributed by atoms with Gasteiger partial charge in [-0.3, -0.25) is 9.59 Å². The van der Waals surface area contributed by atoms with Gasteiger partial charge < -0.3 is 0 Å². The van der Waals surface area contributed by atoms with Gasteiger partial charge in [-0.15, -0.1) is 0 Å². The van der Waals surface area contributed by atoms with Crippen LogP contribution >= 0.6 is 68.7 Å². The summed E-state index contributed by atoms with van der Waals surface area (Å²) in [5, 5.41) is 0. The van der Waals surface area contributed by atoms with Gasteiger partial charge in [0.1, 0.15) is 0 Å². The van der Waals surface area contributed by atoms with E-state index in [4.69, 9.17) is 0 Å². The Morgan fingerprint density at radius 3 is 1.25 bits per heavy atom. The number of Topliss-reactive ketones (excluding diaryl/α,β-unsaturated/α-hetero) is 2. The van der Waals surface area contributed by atoms with Crippen molar-refractivity contribution in [3.63, 3.8) is 0 Å². The van der Waals surface area contributed by atoms with Crippen LogP contribution in [0.1, 0.15) is 20.7 Å². The van der Waals surface area contributed by atoms with E-state index in [-0.39, 0.29) is 11.6 Å². The van der Waals surface area contributed by atoms with Gasteiger partial charge in [-0.2, -0.15) is 0 Å². The van der Waals surface area contributed by atoms with Crippen LogP contribution in [0.25, 0.3) is 0 Å². The van der Waals surface area contributed by atoms with Crippen LogP contribution in [0.3, 0.4) is 0 Å². The molecule has 0 spiro atoms. The topological polar surface area (TPSA) is 34.1 Å². The Kier molecular flexibility index (Phi) is 6.29. The SMILES string of the molecule is O=C1C(Sc2ccc(I)cc2)=C(Sc2ccc(I)cc2)C(=O)c2ccccc21. The lowest BCUT2D eigenvalue weighted by molar-refractivity contribution is 0.0988. The van der Waals surface area contributed by atoms with Crippen LogP contribution in [0.2, 0.25) is 0 Å². The Labute approximate surface area is 198 Å². The lowest BCUT2D eigenvalue weighted by Crippen LogP contribution is -2.19. The summed E-state index contributed by atoms with van der Waals surface area (Å²) in [6.45, 7) is 0. The Morgan fingerprint density at radius 1 is 0.536 bits per heavy atom. The van der Waals surface area contributed by atoms with Crippen molar-refractivity contribution in [2.24, 2.45) is 0 Å². The van der Waals surface area contributed by atoms with Gasteiger partial charge in [-0.05, 0) is 93.7 Å². The van der Waals surface area contributed by atoms with Crippen molar-refractivity contribution < 1.29 is 9.59 Å². The summed E-state index contributed by atoms with van der Waals surface area (Å²) in [5.41, 5.74) is 0.958. The summed E-state index contributed by atoms with van der Waals surface area (Å²) in [5.74, 6) is -0.182. The molecule has 0 atom stereocenters. The van der Waals surface area contributed by atoms with Crippen LogP contribution in [0, 0.1) is 7.14 Å². The maximum absolute atomic E-state index is 13.2. The number of thioether (sulfide) groups is 2. The molecule has 28 heavy (non-hydrogen) atoms. The molecule has 4 rings (SSSR count). The Hall–Kier alpha value is -1.10. The number of allylic oxidation sites excluding steroid dienone is 2. The van der Waals surface area contributed by atoms with E-state index in [0.717, 1.165) is 16.9 Å². The highest BCUT2D eigenvalue weighted by Crippen LogP contribution is 2.43. The summed E-state index contributed by atoms with van der Waals surface area (Å²) in [7, 11) is 0.